The molecule has 4 nitrogen and oxygen atoms in total. The van der Waals surface area contributed by atoms with Gasteiger partial charge in [-0.3, -0.25) is 4.68 Å². The molecule has 0 radical (unpaired) electrons. The van der Waals surface area contributed by atoms with Crippen molar-refractivity contribution < 1.29 is 4.42 Å². The van der Waals surface area contributed by atoms with Crippen LogP contribution in [0.15, 0.2) is 29.0 Å². The van der Waals surface area contributed by atoms with Crippen molar-refractivity contribution in [3.63, 3.8) is 0 Å². The first kappa shape index (κ1) is 12.9. The number of furan rings is 1. The summed E-state index contributed by atoms with van der Waals surface area (Å²) >= 11 is 0. The highest BCUT2D eigenvalue weighted by molar-refractivity contribution is 5.26. The Bertz CT molecular complexity index is 487. The van der Waals surface area contributed by atoms with E-state index in [9.17, 15) is 0 Å². The van der Waals surface area contributed by atoms with E-state index in [1.54, 1.807) is 0 Å². The second kappa shape index (κ2) is 5.87. The molecule has 2 rings (SSSR count). The quantitative estimate of drug-likeness (QED) is 0.853. The molecule has 2 heterocycles. The largest absolute Gasteiger partial charge is 0.469 e. The maximum Gasteiger partial charge on any atom is 0.101 e. The predicted molar refractivity (Wildman–Crippen MR) is 71.5 cm³/mol. The van der Waals surface area contributed by atoms with Gasteiger partial charge in [-0.2, -0.15) is 5.10 Å². The van der Waals surface area contributed by atoms with Crippen LogP contribution in [0.3, 0.4) is 0 Å². The van der Waals surface area contributed by atoms with E-state index in [1.165, 1.54) is 5.69 Å². The average molecular weight is 247 g/mol. The van der Waals surface area contributed by atoms with Crippen LogP contribution in [0.4, 0.5) is 0 Å². The molecule has 98 valence electrons. The topological polar surface area (TPSA) is 43.0 Å². The summed E-state index contributed by atoms with van der Waals surface area (Å²) in [6.07, 6.45) is 4.77. The van der Waals surface area contributed by atoms with E-state index < -0.39 is 0 Å². The molecule has 1 unspecified atom stereocenters. The zero-order chi connectivity index (χ0) is 13.0. The molecule has 4 heteroatoms. The van der Waals surface area contributed by atoms with Crippen LogP contribution in [-0.2, 0) is 6.54 Å². The molecule has 2 aromatic rings. The number of nitrogens with zero attached hydrogens (tertiary/aromatic N) is 2. The molecule has 0 saturated heterocycles. The van der Waals surface area contributed by atoms with Gasteiger partial charge in [0.15, 0.2) is 0 Å². The first-order valence-corrected chi connectivity index (χ1v) is 6.56. The summed E-state index contributed by atoms with van der Waals surface area (Å²) in [7, 11) is 0. The van der Waals surface area contributed by atoms with Crippen LogP contribution in [0, 0.1) is 6.92 Å². The lowest BCUT2D eigenvalue weighted by molar-refractivity contribution is 0.505. The summed E-state index contributed by atoms with van der Waals surface area (Å²) in [6.45, 7) is 8.10. The highest BCUT2D eigenvalue weighted by Crippen LogP contribution is 2.23. The minimum Gasteiger partial charge on any atom is -0.469 e. The van der Waals surface area contributed by atoms with E-state index in [0.29, 0.717) is 0 Å². The van der Waals surface area contributed by atoms with Gasteiger partial charge in [0, 0.05) is 18.3 Å². The van der Waals surface area contributed by atoms with Crippen LogP contribution in [0.25, 0.3) is 0 Å². The van der Waals surface area contributed by atoms with Gasteiger partial charge in [-0.15, -0.1) is 0 Å². The van der Waals surface area contributed by atoms with Crippen molar-refractivity contribution >= 4 is 0 Å². The van der Waals surface area contributed by atoms with Crippen molar-refractivity contribution in [3.05, 3.63) is 41.6 Å². The van der Waals surface area contributed by atoms with Gasteiger partial charge in [-0.25, -0.2) is 0 Å². The Morgan fingerprint density at radius 2 is 2.28 bits per heavy atom. The van der Waals surface area contributed by atoms with Crippen LogP contribution in [0.2, 0.25) is 0 Å². The third kappa shape index (κ3) is 2.64. The summed E-state index contributed by atoms with van der Waals surface area (Å²) in [5.41, 5.74) is 2.35. The number of aryl methyl sites for hydroxylation is 2. The van der Waals surface area contributed by atoms with Crippen molar-refractivity contribution in [2.45, 2.75) is 39.8 Å². The second-order valence-electron chi connectivity index (χ2n) is 4.46. The SMILES string of the molecule is CCCn1nccc1C(NCC)c1coc(C)c1. The fraction of sp³-hybridized carbons (Fsp3) is 0.500. The van der Waals surface area contributed by atoms with Gasteiger partial charge in [-0.1, -0.05) is 13.8 Å². The van der Waals surface area contributed by atoms with Crippen LogP contribution < -0.4 is 5.32 Å². The van der Waals surface area contributed by atoms with Gasteiger partial charge in [0.05, 0.1) is 18.0 Å². The molecule has 0 fully saturated rings. The van der Waals surface area contributed by atoms with E-state index in [-0.39, 0.29) is 6.04 Å². The molecule has 0 amide bonds. The van der Waals surface area contributed by atoms with Gasteiger partial charge in [0.1, 0.15) is 5.76 Å². The number of hydrogen-bond donors (Lipinski definition) is 1. The molecule has 0 aliphatic carbocycles. The van der Waals surface area contributed by atoms with Crippen LogP contribution in [0.5, 0.6) is 0 Å². The molecule has 0 spiro atoms. The Balaban J connectivity index is 2.31. The number of nitrogens with one attached hydrogen (secondary N) is 1. The summed E-state index contributed by atoms with van der Waals surface area (Å²) in [4.78, 5) is 0. The minimum absolute atomic E-state index is 0.154. The lowest BCUT2D eigenvalue weighted by Crippen LogP contribution is -2.24. The van der Waals surface area contributed by atoms with Crippen LogP contribution >= 0.6 is 0 Å². The standard InChI is InChI=1S/C14H21N3O/c1-4-8-17-13(6-7-16-17)14(15-5-2)12-9-11(3)18-10-12/h6-7,9-10,14-15H,4-5,8H2,1-3H3. The Kier molecular flexibility index (Phi) is 4.20. The summed E-state index contributed by atoms with van der Waals surface area (Å²) in [5.74, 6) is 0.939. The van der Waals surface area contributed by atoms with Crippen molar-refractivity contribution in [2.24, 2.45) is 0 Å². The normalized spacial score (nSPS) is 12.8. The third-order valence-electron chi connectivity index (χ3n) is 2.97. The maximum atomic E-state index is 5.42. The van der Waals surface area contributed by atoms with Crippen molar-refractivity contribution in [2.75, 3.05) is 6.54 Å². The van der Waals surface area contributed by atoms with E-state index in [2.05, 4.69) is 41.1 Å². The van der Waals surface area contributed by atoms with E-state index >= 15 is 0 Å². The van der Waals surface area contributed by atoms with Crippen molar-refractivity contribution in [1.82, 2.24) is 15.1 Å². The highest BCUT2D eigenvalue weighted by atomic mass is 16.3. The van der Waals surface area contributed by atoms with Gasteiger partial charge in [0.25, 0.3) is 0 Å². The molecule has 0 saturated carbocycles. The molecule has 18 heavy (non-hydrogen) atoms. The van der Waals surface area contributed by atoms with Gasteiger partial charge in [0.2, 0.25) is 0 Å². The van der Waals surface area contributed by atoms with Gasteiger partial charge < -0.3 is 9.73 Å². The first-order chi connectivity index (χ1) is 8.76. The Hall–Kier alpha value is -1.55. The van der Waals surface area contributed by atoms with E-state index in [0.717, 1.165) is 30.8 Å². The van der Waals surface area contributed by atoms with Crippen molar-refractivity contribution in [3.8, 4) is 0 Å². The molecule has 2 aromatic heterocycles. The lowest BCUT2D eigenvalue weighted by atomic mass is 10.1. The molecule has 1 atom stereocenters. The third-order valence-corrected chi connectivity index (χ3v) is 2.97. The molecular formula is C14H21N3O. The molecule has 0 aliphatic rings. The molecule has 1 N–H and O–H groups in total. The fourth-order valence-electron chi connectivity index (χ4n) is 2.20. The summed E-state index contributed by atoms with van der Waals surface area (Å²) in [6, 6.07) is 4.31. The Labute approximate surface area is 108 Å². The summed E-state index contributed by atoms with van der Waals surface area (Å²) < 4.78 is 7.49. The Morgan fingerprint density at radius 3 is 2.89 bits per heavy atom. The number of hydrogen-bond acceptors (Lipinski definition) is 3. The lowest BCUT2D eigenvalue weighted by Gasteiger charge is -2.18. The number of rotatable bonds is 6. The summed E-state index contributed by atoms with van der Waals surface area (Å²) in [5, 5.41) is 7.88. The average Bonchev–Trinajstić information content (AvgIpc) is 2.96. The highest BCUT2D eigenvalue weighted by Gasteiger charge is 2.18. The smallest absolute Gasteiger partial charge is 0.101 e. The second-order valence-corrected chi connectivity index (χ2v) is 4.46. The Morgan fingerprint density at radius 1 is 1.44 bits per heavy atom. The number of aromatic nitrogens is 2. The van der Waals surface area contributed by atoms with E-state index in [1.807, 2.05) is 19.4 Å². The zero-order valence-corrected chi connectivity index (χ0v) is 11.3. The molecular weight excluding hydrogens is 226 g/mol. The molecule has 0 aliphatic heterocycles. The van der Waals surface area contributed by atoms with E-state index in [4.69, 9.17) is 4.42 Å². The molecule has 0 aromatic carbocycles. The molecule has 0 bridgehead atoms. The van der Waals surface area contributed by atoms with Crippen LogP contribution in [0.1, 0.15) is 43.3 Å². The maximum absolute atomic E-state index is 5.42. The predicted octanol–water partition coefficient (Wildman–Crippen LogP) is 2.89. The van der Waals surface area contributed by atoms with Crippen molar-refractivity contribution in [1.29, 1.82) is 0 Å². The monoisotopic (exact) mass is 247 g/mol. The van der Waals surface area contributed by atoms with Gasteiger partial charge in [-0.05, 0) is 32.0 Å². The first-order valence-electron chi connectivity index (χ1n) is 6.56. The fourth-order valence-corrected chi connectivity index (χ4v) is 2.20. The zero-order valence-electron chi connectivity index (χ0n) is 11.3. The minimum atomic E-state index is 0.154. The van der Waals surface area contributed by atoms with Gasteiger partial charge >= 0.3 is 0 Å². The van der Waals surface area contributed by atoms with Crippen LogP contribution in [-0.4, -0.2) is 16.3 Å².